The number of hydrogen-bond acceptors (Lipinski definition) is 7. The Hall–Kier alpha value is -2.56. The van der Waals surface area contributed by atoms with Crippen LogP contribution in [0.15, 0.2) is 11.6 Å². The molecule has 1 amide bonds. The summed E-state index contributed by atoms with van der Waals surface area (Å²) < 4.78 is 0. The first kappa shape index (κ1) is 19.8. The molecule has 2 unspecified atom stereocenters. The molecule has 11 heteroatoms. The number of aliphatic carboxylic acids is 1. The lowest BCUT2D eigenvalue weighted by Gasteiger charge is -2.44. The Labute approximate surface area is 149 Å². The molecule has 0 spiro atoms. The molecule has 0 aromatic carbocycles. The van der Waals surface area contributed by atoms with Crippen LogP contribution < -0.4 is 0 Å². The lowest BCUT2D eigenvalue weighted by Crippen LogP contribution is -2.67. The lowest BCUT2D eigenvalue weighted by molar-refractivity contribution is -0.619. The highest BCUT2D eigenvalue weighted by Crippen LogP contribution is 2.43. The zero-order valence-electron chi connectivity index (χ0n) is 14.7. The highest BCUT2D eigenvalue weighted by atomic mass is 16.6. The van der Waals surface area contributed by atoms with Gasteiger partial charge in [-0.1, -0.05) is 0 Å². The molecule has 11 nitrogen and oxygen atoms in total. The third kappa shape index (κ3) is 3.39. The molecule has 0 saturated carbocycles. The maximum atomic E-state index is 12.7. The first-order valence-electron chi connectivity index (χ1n) is 8.33. The van der Waals surface area contributed by atoms with Crippen molar-refractivity contribution in [3.8, 4) is 0 Å². The number of piperidine rings is 1. The van der Waals surface area contributed by atoms with Gasteiger partial charge in [-0.05, 0) is 13.8 Å². The molecular weight excluding hydrogens is 348 g/mol. The number of amides is 1. The molecule has 0 aromatic heterocycles. The smallest absolute Gasteiger partial charge is 0.317 e. The first-order valence-corrected chi connectivity index (χ1v) is 8.33. The van der Waals surface area contributed by atoms with Gasteiger partial charge in [0.15, 0.2) is 0 Å². The summed E-state index contributed by atoms with van der Waals surface area (Å²) in [4.78, 5) is 48.8. The molecule has 0 radical (unpaired) electrons. The predicted octanol–water partition coefficient (Wildman–Crippen LogP) is 0.00620. The van der Waals surface area contributed by atoms with Crippen molar-refractivity contribution in [3.05, 3.63) is 31.9 Å². The van der Waals surface area contributed by atoms with Crippen molar-refractivity contribution in [2.75, 3.05) is 32.7 Å². The normalized spacial score (nSPS) is 28.2. The van der Waals surface area contributed by atoms with Crippen molar-refractivity contribution in [3.63, 3.8) is 0 Å². The van der Waals surface area contributed by atoms with Gasteiger partial charge in [0, 0.05) is 34.6 Å². The molecule has 2 rings (SSSR count). The maximum absolute atomic E-state index is 12.7. The van der Waals surface area contributed by atoms with Crippen molar-refractivity contribution in [2.24, 2.45) is 0 Å². The zero-order valence-corrected chi connectivity index (χ0v) is 14.7. The lowest BCUT2D eigenvalue weighted by atomic mass is 9.69. The SMILES string of the molecule is CCN(CC)C(=O)C1=CC2([N+](=O)[O-])CN(CC(=O)O)CC([N+](=O)[O-])(C1)C2. The van der Waals surface area contributed by atoms with E-state index in [1.165, 1.54) is 15.9 Å². The quantitative estimate of drug-likeness (QED) is 0.487. The summed E-state index contributed by atoms with van der Waals surface area (Å²) in [6.45, 7) is 3.23. The Kier molecular flexibility index (Phi) is 5.31. The molecule has 1 N–H and O–H groups in total. The predicted molar refractivity (Wildman–Crippen MR) is 88.8 cm³/mol. The van der Waals surface area contributed by atoms with E-state index in [2.05, 4.69) is 0 Å². The number of carboxylic acids is 1. The minimum Gasteiger partial charge on any atom is -0.480 e. The van der Waals surface area contributed by atoms with Gasteiger partial charge in [0.05, 0.1) is 32.5 Å². The van der Waals surface area contributed by atoms with E-state index in [1.807, 2.05) is 0 Å². The highest BCUT2D eigenvalue weighted by Gasteiger charge is 2.64. The van der Waals surface area contributed by atoms with Crippen LogP contribution in [0.5, 0.6) is 0 Å². The van der Waals surface area contributed by atoms with Crippen LogP contribution in [0.1, 0.15) is 26.7 Å². The largest absolute Gasteiger partial charge is 0.480 e. The number of carboxylic acid groups (broad SMARTS) is 1. The number of carbonyl (C=O) groups excluding carboxylic acids is 1. The van der Waals surface area contributed by atoms with E-state index in [0.717, 1.165) is 0 Å². The molecule has 144 valence electrons. The second-order valence-electron chi connectivity index (χ2n) is 6.88. The topological polar surface area (TPSA) is 147 Å². The molecule has 1 fully saturated rings. The summed E-state index contributed by atoms with van der Waals surface area (Å²) >= 11 is 0. The molecule has 1 saturated heterocycles. The van der Waals surface area contributed by atoms with Gasteiger partial charge in [0.2, 0.25) is 11.4 Å². The van der Waals surface area contributed by atoms with Gasteiger partial charge in [-0.3, -0.25) is 34.7 Å². The van der Waals surface area contributed by atoms with Crippen LogP contribution in [0.4, 0.5) is 0 Å². The van der Waals surface area contributed by atoms with Gasteiger partial charge in [0.25, 0.3) is 5.54 Å². The van der Waals surface area contributed by atoms with E-state index >= 15 is 0 Å². The summed E-state index contributed by atoms with van der Waals surface area (Å²) in [5.41, 5.74) is -3.55. The number of carbonyl (C=O) groups is 2. The van der Waals surface area contributed by atoms with Crippen LogP contribution in [0.2, 0.25) is 0 Å². The van der Waals surface area contributed by atoms with Crippen LogP contribution in [-0.4, -0.2) is 80.4 Å². The van der Waals surface area contributed by atoms with E-state index in [4.69, 9.17) is 5.11 Å². The summed E-state index contributed by atoms with van der Waals surface area (Å²) in [7, 11) is 0. The number of likely N-dealkylation sites (tertiary alicyclic amines) is 1. The van der Waals surface area contributed by atoms with E-state index in [0.29, 0.717) is 13.1 Å². The average Bonchev–Trinajstić information content (AvgIpc) is 2.54. The number of hydrogen-bond donors (Lipinski definition) is 1. The Morgan fingerprint density at radius 2 is 1.85 bits per heavy atom. The monoisotopic (exact) mass is 370 g/mol. The summed E-state index contributed by atoms with van der Waals surface area (Å²) in [5, 5.41) is 32.6. The molecule has 1 heterocycles. The summed E-state index contributed by atoms with van der Waals surface area (Å²) in [6.07, 6.45) is 0.607. The second kappa shape index (κ2) is 6.98. The first-order chi connectivity index (χ1) is 12.1. The minimum absolute atomic E-state index is 0.0586. The van der Waals surface area contributed by atoms with Crippen molar-refractivity contribution in [1.29, 1.82) is 0 Å². The van der Waals surface area contributed by atoms with Gasteiger partial charge in [-0.25, -0.2) is 0 Å². The van der Waals surface area contributed by atoms with Crippen LogP contribution in [0, 0.1) is 20.2 Å². The second-order valence-corrected chi connectivity index (χ2v) is 6.88. The molecule has 1 aliphatic heterocycles. The van der Waals surface area contributed by atoms with E-state index in [9.17, 15) is 29.8 Å². The van der Waals surface area contributed by atoms with Crippen molar-refractivity contribution in [2.45, 2.75) is 37.8 Å². The molecule has 1 aliphatic carbocycles. The van der Waals surface area contributed by atoms with E-state index in [-0.39, 0.29) is 31.5 Å². The van der Waals surface area contributed by atoms with E-state index < -0.39 is 39.3 Å². The minimum atomic E-state index is -1.85. The van der Waals surface area contributed by atoms with Gasteiger partial charge in [-0.2, -0.15) is 0 Å². The molecule has 2 bridgehead atoms. The molecule has 26 heavy (non-hydrogen) atoms. The summed E-state index contributed by atoms with van der Waals surface area (Å²) in [6, 6.07) is 0. The fourth-order valence-corrected chi connectivity index (χ4v) is 4.00. The van der Waals surface area contributed by atoms with Gasteiger partial charge in [-0.15, -0.1) is 0 Å². The molecule has 0 aromatic rings. The molecule has 2 aliphatic rings. The average molecular weight is 370 g/mol. The molecule has 2 atom stereocenters. The van der Waals surface area contributed by atoms with Crippen molar-refractivity contribution < 1.29 is 24.5 Å². The van der Waals surface area contributed by atoms with Crippen molar-refractivity contribution in [1.82, 2.24) is 9.80 Å². The number of nitrogens with zero attached hydrogens (tertiary/aromatic N) is 4. The number of likely N-dealkylation sites (N-methyl/N-ethyl adjacent to an activating group) is 1. The third-order valence-electron chi connectivity index (χ3n) is 5.05. The Balaban J connectivity index is 2.53. The number of rotatable bonds is 7. The Morgan fingerprint density at radius 1 is 1.23 bits per heavy atom. The van der Waals surface area contributed by atoms with Crippen LogP contribution in [-0.2, 0) is 9.59 Å². The number of fused-ring (bicyclic) bond motifs is 2. The third-order valence-corrected chi connectivity index (χ3v) is 5.05. The Bertz CT molecular complexity index is 675. The zero-order chi connectivity index (χ0) is 19.7. The Morgan fingerprint density at radius 3 is 2.31 bits per heavy atom. The van der Waals surface area contributed by atoms with Gasteiger partial charge in [0.1, 0.15) is 0 Å². The van der Waals surface area contributed by atoms with Crippen molar-refractivity contribution >= 4 is 11.9 Å². The van der Waals surface area contributed by atoms with Gasteiger partial charge < -0.3 is 10.0 Å². The van der Waals surface area contributed by atoms with E-state index in [1.54, 1.807) is 13.8 Å². The fraction of sp³-hybridized carbons (Fsp3) is 0.733. The summed E-state index contributed by atoms with van der Waals surface area (Å²) in [5.74, 6) is -1.66. The number of nitro groups is 2. The highest BCUT2D eigenvalue weighted by molar-refractivity contribution is 5.94. The van der Waals surface area contributed by atoms with Crippen LogP contribution >= 0.6 is 0 Å². The maximum Gasteiger partial charge on any atom is 0.317 e. The van der Waals surface area contributed by atoms with Crippen LogP contribution in [0.25, 0.3) is 0 Å². The van der Waals surface area contributed by atoms with Gasteiger partial charge >= 0.3 is 5.97 Å². The fourth-order valence-electron chi connectivity index (χ4n) is 4.00. The standard InChI is InChI=1S/C15H22N4O7/c1-3-17(4-2)13(22)11-5-14(18(23)24)8-15(6-11,19(25)26)10-16(9-14)7-12(20)21/h5H,3-4,6-10H2,1-2H3,(H,20,21). The van der Waals surface area contributed by atoms with Crippen LogP contribution in [0.3, 0.4) is 0 Å². The molecular formula is C15H22N4O7.